The molecule has 1 rings (SSSR count). The summed E-state index contributed by atoms with van der Waals surface area (Å²) < 4.78 is 72.0. The lowest BCUT2D eigenvalue weighted by Gasteiger charge is -2.22. The molecule has 1 aromatic carbocycles. The van der Waals surface area contributed by atoms with Crippen molar-refractivity contribution in [2.24, 2.45) is 0 Å². The van der Waals surface area contributed by atoms with Crippen molar-refractivity contribution >= 4 is 5.97 Å². The van der Waals surface area contributed by atoms with Crippen molar-refractivity contribution in [1.29, 1.82) is 0 Å². The van der Waals surface area contributed by atoms with Gasteiger partial charge in [-0.05, 0) is 38.5 Å². The molecule has 0 saturated heterocycles. The maximum atomic E-state index is 13.0. The summed E-state index contributed by atoms with van der Waals surface area (Å²) >= 11 is 0. The highest BCUT2D eigenvalue weighted by Gasteiger charge is 2.58. The van der Waals surface area contributed by atoms with Crippen molar-refractivity contribution in [3.05, 3.63) is 29.3 Å². The van der Waals surface area contributed by atoms with E-state index in [2.05, 4.69) is 4.74 Å². The Morgan fingerprint density at radius 3 is 2.17 bits per heavy atom. The Morgan fingerprint density at radius 2 is 1.71 bits per heavy atom. The van der Waals surface area contributed by atoms with E-state index in [1.807, 2.05) is 0 Å². The molecule has 0 fully saturated rings. The molecule has 0 aliphatic rings. The van der Waals surface area contributed by atoms with Gasteiger partial charge in [0.2, 0.25) is 0 Å². The largest absolute Gasteiger partial charge is 0.486 e. The van der Waals surface area contributed by atoms with E-state index in [1.165, 1.54) is 6.07 Å². The van der Waals surface area contributed by atoms with Gasteiger partial charge in [-0.15, -0.1) is 0 Å². The Morgan fingerprint density at radius 1 is 1.12 bits per heavy atom. The van der Waals surface area contributed by atoms with Gasteiger partial charge in [-0.2, -0.15) is 22.0 Å². The molecule has 136 valence electrons. The molecule has 24 heavy (non-hydrogen) atoms. The standard InChI is InChI=1S/C15H17F5O4/c1-13(2,3)24-12(22)10-6-9(7-21)4-5-11(10)23-8-14(16,17)15(18,19)20/h4-6,21H,7-8H2,1-3H3. The van der Waals surface area contributed by atoms with Crippen LogP contribution >= 0.6 is 0 Å². The minimum absolute atomic E-state index is 0.241. The number of aliphatic hydroxyl groups excluding tert-OH is 1. The minimum atomic E-state index is -5.77. The summed E-state index contributed by atoms with van der Waals surface area (Å²) in [5.74, 6) is -6.54. The first-order chi connectivity index (χ1) is 10.8. The number of aliphatic hydroxyl groups is 1. The second-order valence-corrected chi connectivity index (χ2v) is 5.98. The van der Waals surface area contributed by atoms with E-state index in [9.17, 15) is 26.7 Å². The molecular formula is C15H17F5O4. The van der Waals surface area contributed by atoms with E-state index < -0.39 is 42.6 Å². The second kappa shape index (κ2) is 6.92. The molecular weight excluding hydrogens is 339 g/mol. The van der Waals surface area contributed by atoms with Crippen LogP contribution in [0.4, 0.5) is 22.0 Å². The van der Waals surface area contributed by atoms with Gasteiger partial charge in [0, 0.05) is 0 Å². The molecule has 0 aromatic heterocycles. The van der Waals surface area contributed by atoms with Crippen molar-refractivity contribution in [3.8, 4) is 5.75 Å². The number of benzene rings is 1. The average Bonchev–Trinajstić information content (AvgIpc) is 2.42. The zero-order chi connectivity index (χ0) is 18.8. The molecule has 1 aromatic rings. The molecule has 0 radical (unpaired) electrons. The van der Waals surface area contributed by atoms with Crippen molar-refractivity contribution in [3.63, 3.8) is 0 Å². The van der Waals surface area contributed by atoms with E-state index in [-0.39, 0.29) is 11.1 Å². The van der Waals surface area contributed by atoms with Crippen molar-refractivity contribution in [2.45, 2.75) is 45.1 Å². The monoisotopic (exact) mass is 356 g/mol. The quantitative estimate of drug-likeness (QED) is 0.646. The normalized spacial score (nSPS) is 12.9. The molecule has 0 atom stereocenters. The van der Waals surface area contributed by atoms with Crippen LogP contribution in [-0.4, -0.2) is 35.4 Å². The van der Waals surface area contributed by atoms with E-state index in [4.69, 9.17) is 9.84 Å². The molecule has 4 nitrogen and oxygen atoms in total. The topological polar surface area (TPSA) is 55.8 Å². The summed E-state index contributed by atoms with van der Waals surface area (Å²) in [6, 6.07) is 3.36. The third-order valence-electron chi connectivity index (χ3n) is 2.67. The summed E-state index contributed by atoms with van der Waals surface area (Å²) in [6.45, 7) is 2.22. The number of carbonyl (C=O) groups is 1. The highest BCUT2D eigenvalue weighted by Crippen LogP contribution is 2.36. The summed E-state index contributed by atoms with van der Waals surface area (Å²) in [4.78, 5) is 12.1. The summed E-state index contributed by atoms with van der Waals surface area (Å²) in [7, 11) is 0. The second-order valence-electron chi connectivity index (χ2n) is 5.98. The Labute approximate surface area is 135 Å². The molecule has 0 heterocycles. The summed E-state index contributed by atoms with van der Waals surface area (Å²) in [6.07, 6.45) is -5.77. The van der Waals surface area contributed by atoms with Gasteiger partial charge in [0.25, 0.3) is 0 Å². The molecule has 0 aliphatic heterocycles. The van der Waals surface area contributed by atoms with Gasteiger partial charge < -0.3 is 14.6 Å². The minimum Gasteiger partial charge on any atom is -0.486 e. The fourth-order valence-corrected chi connectivity index (χ4v) is 1.54. The van der Waals surface area contributed by atoms with Gasteiger partial charge in [-0.1, -0.05) is 6.07 Å². The van der Waals surface area contributed by atoms with Gasteiger partial charge in [0.1, 0.15) is 16.9 Å². The number of alkyl halides is 5. The van der Waals surface area contributed by atoms with E-state index in [0.29, 0.717) is 0 Å². The lowest BCUT2D eigenvalue weighted by molar-refractivity contribution is -0.290. The Bertz CT molecular complexity index is 591. The van der Waals surface area contributed by atoms with Crippen molar-refractivity contribution in [1.82, 2.24) is 0 Å². The maximum Gasteiger partial charge on any atom is 0.456 e. The lowest BCUT2D eigenvalue weighted by Crippen LogP contribution is -2.42. The number of ether oxygens (including phenoxy) is 2. The number of hydrogen-bond acceptors (Lipinski definition) is 4. The molecule has 9 heteroatoms. The predicted octanol–water partition coefficient (Wildman–Crippen LogP) is 3.71. The number of carbonyl (C=O) groups excluding carboxylic acids is 1. The highest BCUT2D eigenvalue weighted by molar-refractivity contribution is 5.93. The fourth-order valence-electron chi connectivity index (χ4n) is 1.54. The van der Waals surface area contributed by atoms with Gasteiger partial charge in [0.15, 0.2) is 6.61 Å². The molecule has 0 saturated carbocycles. The predicted molar refractivity (Wildman–Crippen MR) is 74.0 cm³/mol. The first-order valence-corrected chi connectivity index (χ1v) is 6.81. The number of rotatable bonds is 5. The van der Waals surface area contributed by atoms with E-state index >= 15 is 0 Å². The van der Waals surface area contributed by atoms with Crippen molar-refractivity contribution in [2.75, 3.05) is 6.61 Å². The third kappa shape index (κ3) is 5.33. The third-order valence-corrected chi connectivity index (χ3v) is 2.67. The van der Waals surface area contributed by atoms with Crippen LogP contribution < -0.4 is 4.74 Å². The number of halogens is 5. The lowest BCUT2D eigenvalue weighted by atomic mass is 10.1. The van der Waals surface area contributed by atoms with Crippen LogP contribution in [0.3, 0.4) is 0 Å². The Hall–Kier alpha value is -1.90. The van der Waals surface area contributed by atoms with Crippen LogP contribution in [0.2, 0.25) is 0 Å². The smallest absolute Gasteiger partial charge is 0.456 e. The van der Waals surface area contributed by atoms with E-state index in [0.717, 1.165) is 12.1 Å². The average molecular weight is 356 g/mol. The Balaban J connectivity index is 3.08. The molecule has 0 amide bonds. The summed E-state index contributed by atoms with van der Waals surface area (Å²) in [5.41, 5.74) is -1.03. The van der Waals surface area contributed by atoms with Crippen molar-refractivity contribution < 1.29 is 41.3 Å². The van der Waals surface area contributed by atoms with Crippen LogP contribution in [0.5, 0.6) is 5.75 Å². The molecule has 0 spiro atoms. The SMILES string of the molecule is CC(C)(C)OC(=O)c1cc(CO)ccc1OCC(F)(F)C(F)(F)F. The van der Waals surface area contributed by atoms with Gasteiger partial charge >= 0.3 is 18.1 Å². The first kappa shape index (κ1) is 20.1. The van der Waals surface area contributed by atoms with Crippen LogP contribution in [0.25, 0.3) is 0 Å². The highest BCUT2D eigenvalue weighted by atomic mass is 19.4. The van der Waals surface area contributed by atoms with Gasteiger partial charge in [-0.25, -0.2) is 4.79 Å². The first-order valence-electron chi connectivity index (χ1n) is 6.81. The fraction of sp³-hybridized carbons (Fsp3) is 0.533. The van der Waals surface area contributed by atoms with E-state index in [1.54, 1.807) is 20.8 Å². The van der Waals surface area contributed by atoms with Gasteiger partial charge in [-0.3, -0.25) is 0 Å². The van der Waals surface area contributed by atoms with Crippen LogP contribution in [0.1, 0.15) is 36.7 Å². The van der Waals surface area contributed by atoms with Crippen LogP contribution in [-0.2, 0) is 11.3 Å². The zero-order valence-corrected chi connectivity index (χ0v) is 13.2. The number of esters is 1. The van der Waals surface area contributed by atoms with Crippen LogP contribution in [0, 0.1) is 0 Å². The Kier molecular flexibility index (Phi) is 5.81. The molecule has 0 aliphatic carbocycles. The number of hydrogen-bond donors (Lipinski definition) is 1. The molecule has 1 N–H and O–H groups in total. The molecule has 0 unspecified atom stereocenters. The molecule has 0 bridgehead atoms. The summed E-state index contributed by atoms with van der Waals surface area (Å²) in [5, 5.41) is 9.07. The maximum absolute atomic E-state index is 13.0. The zero-order valence-electron chi connectivity index (χ0n) is 13.2. The van der Waals surface area contributed by atoms with Crippen LogP contribution in [0.15, 0.2) is 18.2 Å². The van der Waals surface area contributed by atoms with Gasteiger partial charge in [0.05, 0.1) is 6.61 Å².